The lowest BCUT2D eigenvalue weighted by Crippen LogP contribution is -2.62. The average Bonchev–Trinajstić information content (AvgIpc) is 2.71. The van der Waals surface area contributed by atoms with E-state index in [1.807, 2.05) is 48.5 Å². The Morgan fingerprint density at radius 1 is 0.966 bits per heavy atom. The molecule has 4 heteroatoms. The van der Waals surface area contributed by atoms with Crippen LogP contribution in [0.25, 0.3) is 0 Å². The number of amides is 3. The second-order valence-corrected chi connectivity index (χ2v) is 8.36. The number of rotatable bonds is 8. The number of nitrogens with one attached hydrogen (secondary N) is 1. The first-order valence-corrected chi connectivity index (χ1v) is 10.7. The number of carbonyl (C=O) groups is 2. The molecule has 1 N–H and O–H groups in total. The van der Waals surface area contributed by atoms with Crippen molar-refractivity contribution in [2.75, 3.05) is 6.54 Å². The van der Waals surface area contributed by atoms with Gasteiger partial charge in [0, 0.05) is 18.5 Å². The summed E-state index contributed by atoms with van der Waals surface area (Å²) in [4.78, 5) is 27.8. The molecule has 1 aliphatic rings. The normalized spacial score (nSPS) is 20.6. The Kier molecular flexibility index (Phi) is 7.08. The van der Waals surface area contributed by atoms with E-state index in [9.17, 15) is 9.59 Å². The first-order valence-electron chi connectivity index (χ1n) is 10.7. The Morgan fingerprint density at radius 3 is 2.17 bits per heavy atom. The highest BCUT2D eigenvalue weighted by molar-refractivity contribution is 5.99. The molecule has 1 aliphatic heterocycles. The van der Waals surface area contributed by atoms with Gasteiger partial charge in [-0.25, -0.2) is 4.79 Å². The summed E-state index contributed by atoms with van der Waals surface area (Å²) in [5, 5.41) is 3.14. The van der Waals surface area contributed by atoms with Crippen molar-refractivity contribution < 1.29 is 9.59 Å². The third-order valence-corrected chi connectivity index (χ3v) is 5.87. The molecule has 2 aromatic rings. The van der Waals surface area contributed by atoms with Crippen molar-refractivity contribution in [2.24, 2.45) is 11.8 Å². The summed E-state index contributed by atoms with van der Waals surface area (Å²) in [5.74, 6) is 0.0581. The van der Waals surface area contributed by atoms with Gasteiger partial charge in [0.25, 0.3) is 0 Å². The number of imide groups is 1. The van der Waals surface area contributed by atoms with Gasteiger partial charge in [0.1, 0.15) is 0 Å². The fourth-order valence-electron chi connectivity index (χ4n) is 4.40. The van der Waals surface area contributed by atoms with Crippen LogP contribution in [0.4, 0.5) is 4.79 Å². The average molecular weight is 393 g/mol. The highest BCUT2D eigenvalue weighted by Crippen LogP contribution is 2.29. The maximum absolute atomic E-state index is 13.4. The summed E-state index contributed by atoms with van der Waals surface area (Å²) in [6, 6.07) is 19.8. The summed E-state index contributed by atoms with van der Waals surface area (Å²) in [7, 11) is 0. The molecular weight excluding hydrogens is 360 g/mol. The van der Waals surface area contributed by atoms with Gasteiger partial charge >= 0.3 is 6.03 Å². The molecular formula is C25H32N2O2. The van der Waals surface area contributed by atoms with Crippen molar-refractivity contribution in [1.82, 2.24) is 10.2 Å². The highest BCUT2D eigenvalue weighted by atomic mass is 16.2. The monoisotopic (exact) mass is 392 g/mol. The molecule has 1 heterocycles. The van der Waals surface area contributed by atoms with Gasteiger partial charge in [-0.3, -0.25) is 9.69 Å². The predicted octanol–water partition coefficient (Wildman–Crippen LogP) is 5.01. The maximum Gasteiger partial charge on any atom is 0.324 e. The van der Waals surface area contributed by atoms with E-state index in [0.717, 1.165) is 18.4 Å². The van der Waals surface area contributed by atoms with Gasteiger partial charge in [-0.15, -0.1) is 0 Å². The van der Waals surface area contributed by atoms with Crippen LogP contribution in [0.5, 0.6) is 0 Å². The topological polar surface area (TPSA) is 49.4 Å². The summed E-state index contributed by atoms with van der Waals surface area (Å²) in [6.07, 6.45) is 2.63. The zero-order valence-electron chi connectivity index (χ0n) is 17.7. The minimum atomic E-state index is -0.259. The highest BCUT2D eigenvalue weighted by Gasteiger charge is 2.43. The molecule has 3 unspecified atom stereocenters. The van der Waals surface area contributed by atoms with Crippen LogP contribution in [0.15, 0.2) is 60.7 Å². The van der Waals surface area contributed by atoms with E-state index < -0.39 is 0 Å². The summed E-state index contributed by atoms with van der Waals surface area (Å²) >= 11 is 0. The molecule has 3 rings (SSSR count). The molecule has 4 nitrogen and oxygen atoms in total. The minimum absolute atomic E-state index is 0.0401. The molecule has 0 aromatic heterocycles. The Balaban J connectivity index is 1.80. The van der Waals surface area contributed by atoms with Crippen molar-refractivity contribution in [3.05, 3.63) is 71.8 Å². The first-order chi connectivity index (χ1) is 14.0. The molecule has 0 spiro atoms. The second-order valence-electron chi connectivity index (χ2n) is 8.36. The Morgan fingerprint density at radius 2 is 1.59 bits per heavy atom. The van der Waals surface area contributed by atoms with Crippen LogP contribution in [0.1, 0.15) is 50.7 Å². The molecule has 3 atom stereocenters. The fraction of sp³-hybridized carbons (Fsp3) is 0.440. The van der Waals surface area contributed by atoms with E-state index in [4.69, 9.17) is 0 Å². The number of carbonyl (C=O) groups excluding carboxylic acids is 2. The quantitative estimate of drug-likeness (QED) is 0.687. The maximum atomic E-state index is 13.4. The third-order valence-electron chi connectivity index (χ3n) is 5.87. The number of benzene rings is 2. The molecule has 3 amide bonds. The molecule has 0 aliphatic carbocycles. The molecule has 0 bridgehead atoms. The van der Waals surface area contributed by atoms with Crippen LogP contribution >= 0.6 is 0 Å². The van der Waals surface area contributed by atoms with Gasteiger partial charge in [-0.2, -0.15) is 0 Å². The number of hydrogen-bond acceptors (Lipinski definition) is 2. The van der Waals surface area contributed by atoms with Crippen molar-refractivity contribution in [1.29, 1.82) is 0 Å². The molecule has 29 heavy (non-hydrogen) atoms. The fourth-order valence-corrected chi connectivity index (χ4v) is 4.40. The predicted molar refractivity (Wildman–Crippen MR) is 117 cm³/mol. The van der Waals surface area contributed by atoms with Crippen LogP contribution in [-0.4, -0.2) is 29.4 Å². The van der Waals surface area contributed by atoms with Gasteiger partial charge in [-0.05, 0) is 29.9 Å². The van der Waals surface area contributed by atoms with Gasteiger partial charge in [0.2, 0.25) is 5.91 Å². The van der Waals surface area contributed by atoms with Crippen molar-refractivity contribution in [3.63, 3.8) is 0 Å². The smallest absolute Gasteiger partial charge is 0.324 e. The summed E-state index contributed by atoms with van der Waals surface area (Å²) in [5.41, 5.74) is 2.32. The van der Waals surface area contributed by atoms with E-state index in [-0.39, 0.29) is 35.7 Å². The van der Waals surface area contributed by atoms with Crippen LogP contribution < -0.4 is 5.32 Å². The number of urea groups is 1. The molecule has 0 radical (unpaired) electrons. The minimum Gasteiger partial charge on any atom is -0.334 e. The Labute approximate surface area is 174 Å². The van der Waals surface area contributed by atoms with Crippen molar-refractivity contribution >= 4 is 11.9 Å². The van der Waals surface area contributed by atoms with E-state index in [1.165, 1.54) is 10.5 Å². The van der Waals surface area contributed by atoms with Crippen molar-refractivity contribution in [3.8, 4) is 0 Å². The van der Waals surface area contributed by atoms with Crippen LogP contribution in [0.3, 0.4) is 0 Å². The van der Waals surface area contributed by atoms with Gasteiger partial charge in [0.15, 0.2) is 0 Å². The lowest BCUT2D eigenvalue weighted by molar-refractivity contribution is -0.137. The van der Waals surface area contributed by atoms with Crippen LogP contribution in [0.2, 0.25) is 0 Å². The second kappa shape index (κ2) is 9.73. The molecule has 1 fully saturated rings. The molecule has 154 valence electrons. The van der Waals surface area contributed by atoms with E-state index in [1.54, 1.807) is 0 Å². The van der Waals surface area contributed by atoms with E-state index >= 15 is 0 Å². The van der Waals surface area contributed by atoms with Gasteiger partial charge in [0.05, 0.1) is 5.92 Å². The Hall–Kier alpha value is -2.62. The number of hydrogen-bond donors (Lipinski definition) is 1. The largest absolute Gasteiger partial charge is 0.334 e. The standard InChI is InChI=1S/C25H32N2O2/c1-4-11-21(20-14-9-6-10-15-20)17-27-24(28)23(18(2)3)22(26-25(27)29)16-19-12-7-5-8-13-19/h5-10,12-15,18,21-23H,4,11,16-17H2,1-3H3,(H,26,29). The van der Waals surface area contributed by atoms with Gasteiger partial charge in [-0.1, -0.05) is 87.9 Å². The third kappa shape index (κ3) is 5.06. The number of nitrogens with zero attached hydrogens (tertiary/aromatic N) is 1. The summed E-state index contributed by atoms with van der Waals surface area (Å²) < 4.78 is 0. The zero-order valence-corrected chi connectivity index (χ0v) is 17.7. The lowest BCUT2D eigenvalue weighted by atomic mass is 9.82. The molecule has 2 aromatic carbocycles. The molecule has 0 saturated carbocycles. The summed E-state index contributed by atoms with van der Waals surface area (Å²) in [6.45, 7) is 6.71. The first kappa shape index (κ1) is 21.1. The lowest BCUT2D eigenvalue weighted by Gasteiger charge is -2.40. The van der Waals surface area contributed by atoms with E-state index in [2.05, 4.69) is 38.2 Å². The van der Waals surface area contributed by atoms with Crippen LogP contribution in [0, 0.1) is 11.8 Å². The molecule has 1 saturated heterocycles. The van der Waals surface area contributed by atoms with Crippen molar-refractivity contribution in [2.45, 2.75) is 52.0 Å². The zero-order chi connectivity index (χ0) is 20.8. The van der Waals surface area contributed by atoms with Crippen LogP contribution in [-0.2, 0) is 11.2 Å². The van der Waals surface area contributed by atoms with Gasteiger partial charge < -0.3 is 5.32 Å². The van der Waals surface area contributed by atoms with E-state index in [0.29, 0.717) is 13.0 Å². The Bertz CT molecular complexity index is 804. The SMILES string of the molecule is CCCC(CN1C(=O)NC(Cc2ccccc2)C(C(C)C)C1=O)c1ccccc1.